The molecule has 0 spiro atoms. The van der Waals surface area contributed by atoms with Crippen LogP contribution >= 0.6 is 0 Å². The Kier molecular flexibility index (Phi) is 8.51. The number of nitroso groups, excluding NO2 is 1. The molecule has 76 valence electrons. The van der Waals surface area contributed by atoms with Gasteiger partial charge in [-0.2, -0.15) is 0 Å². The maximum atomic E-state index is 10.2. The number of rotatable bonds is 7. The summed E-state index contributed by atoms with van der Waals surface area (Å²) in [5, 5.41) is 2.12. The Balaban J connectivity index is 2.99. The third-order valence-electron chi connectivity index (χ3n) is 1.80. The van der Waals surface area contributed by atoms with Crippen molar-refractivity contribution in [1.82, 2.24) is 0 Å². The second-order valence-corrected chi connectivity index (χ2v) is 2.97. The average Bonchev–Trinajstić information content (AvgIpc) is 2.16. The van der Waals surface area contributed by atoms with Gasteiger partial charge >= 0.3 is 6.09 Å². The Morgan fingerprint density at radius 3 is 2.38 bits per heavy atom. The molecule has 0 atom stereocenters. The lowest BCUT2D eigenvalue weighted by Crippen LogP contribution is -1.99. The molecule has 0 bridgehead atoms. The van der Waals surface area contributed by atoms with Crippen molar-refractivity contribution in [3.63, 3.8) is 0 Å². The smallest absolute Gasteiger partial charge is 0.446 e. The van der Waals surface area contributed by atoms with Crippen LogP contribution in [0.25, 0.3) is 0 Å². The van der Waals surface area contributed by atoms with Crippen LogP contribution in [0.3, 0.4) is 0 Å². The molecular formula is C9H17NO3. The molecule has 0 aromatic carbocycles. The molecule has 0 aliphatic carbocycles. The van der Waals surface area contributed by atoms with E-state index in [1.54, 1.807) is 0 Å². The highest BCUT2D eigenvalue weighted by molar-refractivity contribution is 5.67. The summed E-state index contributed by atoms with van der Waals surface area (Å²) in [6.07, 6.45) is 5.75. The summed E-state index contributed by atoms with van der Waals surface area (Å²) in [7, 11) is 0. The number of amides is 1. The number of carbonyl (C=O) groups is 1. The summed E-state index contributed by atoms with van der Waals surface area (Å²) < 4.78 is 4.48. The van der Waals surface area contributed by atoms with E-state index in [0.29, 0.717) is 6.61 Å². The minimum atomic E-state index is -1.01. The Bertz CT molecular complexity index is 148. The van der Waals surface area contributed by atoms with E-state index in [-0.39, 0.29) is 0 Å². The molecule has 0 unspecified atom stereocenters. The van der Waals surface area contributed by atoms with Crippen molar-refractivity contribution in [2.45, 2.75) is 45.4 Å². The number of hydrogen-bond donors (Lipinski definition) is 0. The van der Waals surface area contributed by atoms with Gasteiger partial charge in [0.15, 0.2) is 0 Å². The maximum Gasteiger partial charge on any atom is 0.470 e. The molecule has 0 N–H and O–H groups in total. The van der Waals surface area contributed by atoms with Crippen LogP contribution in [0.4, 0.5) is 4.79 Å². The normalized spacial score (nSPS) is 9.62. The van der Waals surface area contributed by atoms with Crippen LogP contribution < -0.4 is 0 Å². The van der Waals surface area contributed by atoms with Crippen molar-refractivity contribution in [1.29, 1.82) is 0 Å². The second kappa shape index (κ2) is 9.16. The Hall–Kier alpha value is -0.930. The van der Waals surface area contributed by atoms with Crippen LogP contribution in [0.5, 0.6) is 0 Å². The Morgan fingerprint density at radius 2 is 1.77 bits per heavy atom. The third-order valence-corrected chi connectivity index (χ3v) is 1.80. The van der Waals surface area contributed by atoms with Gasteiger partial charge in [-0.15, -0.1) is 4.91 Å². The number of nitrogens with zero attached hydrogens (tertiary/aromatic N) is 1. The van der Waals surface area contributed by atoms with Crippen LogP contribution in [0.2, 0.25) is 0 Å². The van der Waals surface area contributed by atoms with Gasteiger partial charge in [-0.05, 0) is 6.42 Å². The first-order valence-electron chi connectivity index (χ1n) is 4.81. The summed E-state index contributed by atoms with van der Waals surface area (Å²) in [5.74, 6) is 0. The first-order chi connectivity index (χ1) is 6.31. The van der Waals surface area contributed by atoms with Crippen molar-refractivity contribution in [3.8, 4) is 0 Å². The molecule has 4 nitrogen and oxygen atoms in total. The zero-order chi connectivity index (χ0) is 9.94. The van der Waals surface area contributed by atoms with E-state index >= 15 is 0 Å². The SMILES string of the molecule is CCCCCCCCOC(=O)N=O. The highest BCUT2D eigenvalue weighted by Gasteiger charge is 1.98. The van der Waals surface area contributed by atoms with E-state index in [2.05, 4.69) is 16.8 Å². The monoisotopic (exact) mass is 187 g/mol. The molecule has 0 aromatic rings. The molecule has 0 aliphatic rings. The summed E-state index contributed by atoms with van der Waals surface area (Å²) in [6, 6.07) is 0. The minimum Gasteiger partial charge on any atom is -0.446 e. The van der Waals surface area contributed by atoms with Crippen molar-refractivity contribution in [2.24, 2.45) is 5.18 Å². The summed E-state index contributed by atoms with van der Waals surface area (Å²) in [4.78, 5) is 19.8. The molecule has 1 amide bonds. The van der Waals surface area contributed by atoms with Gasteiger partial charge in [0.25, 0.3) is 0 Å². The zero-order valence-electron chi connectivity index (χ0n) is 8.12. The van der Waals surface area contributed by atoms with Crippen LogP contribution in [-0.4, -0.2) is 12.7 Å². The molecule has 0 heterocycles. The van der Waals surface area contributed by atoms with Crippen molar-refractivity contribution < 1.29 is 9.53 Å². The Labute approximate surface area is 78.6 Å². The number of unbranched alkanes of at least 4 members (excludes halogenated alkanes) is 5. The quantitative estimate of drug-likeness (QED) is 0.454. The number of carbonyl (C=O) groups excluding carboxylic acids is 1. The molecule has 0 aliphatic heterocycles. The molecular weight excluding hydrogens is 170 g/mol. The van der Waals surface area contributed by atoms with Gasteiger partial charge in [0.2, 0.25) is 0 Å². The van der Waals surface area contributed by atoms with Gasteiger partial charge in [-0.3, -0.25) is 0 Å². The largest absolute Gasteiger partial charge is 0.470 e. The summed E-state index contributed by atoms with van der Waals surface area (Å²) >= 11 is 0. The van der Waals surface area contributed by atoms with Crippen LogP contribution in [-0.2, 0) is 4.74 Å². The molecule has 0 saturated carbocycles. The molecule has 4 heteroatoms. The maximum absolute atomic E-state index is 10.2. The van der Waals surface area contributed by atoms with Gasteiger partial charge in [-0.25, -0.2) is 4.79 Å². The van der Waals surface area contributed by atoms with E-state index in [4.69, 9.17) is 0 Å². The third kappa shape index (κ3) is 8.98. The van der Waals surface area contributed by atoms with Crippen LogP contribution in [0, 0.1) is 4.91 Å². The standard InChI is InChI=1S/C9H17NO3/c1-2-3-4-5-6-7-8-13-9(11)10-12/h2-8H2,1H3. The van der Waals surface area contributed by atoms with E-state index < -0.39 is 6.09 Å². The fourth-order valence-corrected chi connectivity index (χ4v) is 1.07. The minimum absolute atomic E-state index is 0.316. The van der Waals surface area contributed by atoms with Gasteiger partial charge in [0.05, 0.1) is 11.8 Å². The van der Waals surface area contributed by atoms with E-state index in [1.165, 1.54) is 25.7 Å². The molecule has 0 fully saturated rings. The summed E-state index contributed by atoms with van der Waals surface area (Å²) in [6.45, 7) is 2.48. The fourth-order valence-electron chi connectivity index (χ4n) is 1.07. The molecule has 0 radical (unpaired) electrons. The van der Waals surface area contributed by atoms with Crippen molar-refractivity contribution >= 4 is 6.09 Å². The van der Waals surface area contributed by atoms with Gasteiger partial charge < -0.3 is 4.74 Å². The average molecular weight is 187 g/mol. The topological polar surface area (TPSA) is 55.7 Å². The second-order valence-electron chi connectivity index (χ2n) is 2.97. The van der Waals surface area contributed by atoms with Gasteiger partial charge in [-0.1, -0.05) is 39.0 Å². The van der Waals surface area contributed by atoms with Crippen LogP contribution in [0.1, 0.15) is 45.4 Å². The zero-order valence-corrected chi connectivity index (χ0v) is 8.12. The first-order valence-corrected chi connectivity index (χ1v) is 4.81. The molecule has 0 rings (SSSR count). The van der Waals surface area contributed by atoms with Gasteiger partial charge in [0.1, 0.15) is 0 Å². The summed E-state index contributed by atoms with van der Waals surface area (Å²) in [5.41, 5.74) is 0. The lowest BCUT2D eigenvalue weighted by Gasteiger charge is -1.99. The van der Waals surface area contributed by atoms with Crippen molar-refractivity contribution in [3.05, 3.63) is 4.91 Å². The lowest BCUT2D eigenvalue weighted by molar-refractivity contribution is 0.154. The number of hydrogen-bond acceptors (Lipinski definition) is 3. The predicted molar refractivity (Wildman–Crippen MR) is 50.5 cm³/mol. The molecule has 0 aromatic heterocycles. The fraction of sp³-hybridized carbons (Fsp3) is 0.889. The highest BCUT2D eigenvalue weighted by Crippen LogP contribution is 2.04. The molecule has 0 saturated heterocycles. The highest BCUT2D eigenvalue weighted by atomic mass is 16.6. The molecule has 13 heavy (non-hydrogen) atoms. The first kappa shape index (κ1) is 12.1. The van der Waals surface area contributed by atoms with E-state index in [9.17, 15) is 9.70 Å². The van der Waals surface area contributed by atoms with Crippen LogP contribution in [0.15, 0.2) is 5.18 Å². The van der Waals surface area contributed by atoms with E-state index in [0.717, 1.165) is 12.8 Å². The predicted octanol–water partition coefficient (Wildman–Crippen LogP) is 3.25. The van der Waals surface area contributed by atoms with Crippen molar-refractivity contribution in [2.75, 3.05) is 6.61 Å². The number of ether oxygens (including phenoxy) is 1. The van der Waals surface area contributed by atoms with Gasteiger partial charge in [0, 0.05) is 0 Å². The lowest BCUT2D eigenvalue weighted by atomic mass is 10.1. The Morgan fingerprint density at radius 1 is 1.15 bits per heavy atom. The van der Waals surface area contributed by atoms with E-state index in [1.807, 2.05) is 0 Å².